The van der Waals surface area contributed by atoms with Crippen LogP contribution >= 0.6 is 11.3 Å². The molecule has 0 unspecified atom stereocenters. The summed E-state index contributed by atoms with van der Waals surface area (Å²) in [4.78, 5) is 13.3. The maximum atomic E-state index is 13.5. The molecule has 1 aromatic carbocycles. The third-order valence-electron chi connectivity index (χ3n) is 6.26. The number of methoxy groups -OCH3 is 1. The molecular formula is C26H25F3N4OS. The number of fused-ring (bicyclic) bond motifs is 1. The number of anilines is 1. The van der Waals surface area contributed by atoms with Crippen LogP contribution < -0.4 is 9.64 Å². The van der Waals surface area contributed by atoms with Crippen molar-refractivity contribution in [3.8, 4) is 16.9 Å². The molecule has 5 rings (SSSR count). The van der Waals surface area contributed by atoms with Crippen molar-refractivity contribution >= 4 is 28.1 Å². The zero-order valence-electron chi connectivity index (χ0n) is 19.3. The summed E-state index contributed by atoms with van der Waals surface area (Å²) in [5, 5.41) is 4.44. The van der Waals surface area contributed by atoms with Gasteiger partial charge in [-0.1, -0.05) is 12.1 Å². The first-order chi connectivity index (χ1) is 16.9. The van der Waals surface area contributed by atoms with Crippen LogP contribution in [0.4, 0.5) is 19.0 Å². The molecule has 0 aliphatic carbocycles. The predicted octanol–water partition coefficient (Wildman–Crippen LogP) is 6.10. The molecule has 4 heterocycles. The second kappa shape index (κ2) is 9.83. The molecule has 0 spiro atoms. The Labute approximate surface area is 205 Å². The summed E-state index contributed by atoms with van der Waals surface area (Å²) < 4.78 is 45.7. The van der Waals surface area contributed by atoms with E-state index in [0.717, 1.165) is 56.5 Å². The largest absolute Gasteiger partial charge is 0.497 e. The van der Waals surface area contributed by atoms with Gasteiger partial charge in [-0.05, 0) is 58.6 Å². The highest BCUT2D eigenvalue weighted by Crippen LogP contribution is 2.36. The Morgan fingerprint density at radius 3 is 2.71 bits per heavy atom. The lowest BCUT2D eigenvalue weighted by Gasteiger charge is -2.24. The van der Waals surface area contributed by atoms with Crippen molar-refractivity contribution in [1.29, 1.82) is 0 Å². The quantitative estimate of drug-likeness (QED) is 0.333. The van der Waals surface area contributed by atoms with E-state index in [1.807, 2.05) is 35.0 Å². The van der Waals surface area contributed by atoms with Gasteiger partial charge in [0.05, 0.1) is 12.6 Å². The SMILES string of the molecule is COc1cccc(CN2CCCN(c3ncc(-c4ccsc4)c4nc(C(F)(F)F)ccc34)CC2)c1. The summed E-state index contributed by atoms with van der Waals surface area (Å²) in [5.74, 6) is 1.52. The van der Waals surface area contributed by atoms with Crippen LogP contribution in [0.5, 0.6) is 5.75 Å². The van der Waals surface area contributed by atoms with Gasteiger partial charge in [0, 0.05) is 49.9 Å². The van der Waals surface area contributed by atoms with E-state index in [9.17, 15) is 13.2 Å². The Kier molecular flexibility index (Phi) is 6.62. The van der Waals surface area contributed by atoms with E-state index in [4.69, 9.17) is 9.72 Å². The Morgan fingerprint density at radius 2 is 1.94 bits per heavy atom. The number of rotatable bonds is 5. The molecule has 1 fully saturated rings. The lowest BCUT2D eigenvalue weighted by Crippen LogP contribution is -2.31. The van der Waals surface area contributed by atoms with E-state index >= 15 is 0 Å². The minimum atomic E-state index is -4.51. The molecular weight excluding hydrogens is 473 g/mol. The molecule has 35 heavy (non-hydrogen) atoms. The van der Waals surface area contributed by atoms with Crippen molar-refractivity contribution in [2.24, 2.45) is 0 Å². The third-order valence-corrected chi connectivity index (χ3v) is 6.94. The zero-order valence-corrected chi connectivity index (χ0v) is 20.1. The first-order valence-corrected chi connectivity index (χ1v) is 12.4. The first kappa shape index (κ1) is 23.6. The lowest BCUT2D eigenvalue weighted by molar-refractivity contribution is -0.140. The smallest absolute Gasteiger partial charge is 0.433 e. The summed E-state index contributed by atoms with van der Waals surface area (Å²) in [6, 6.07) is 12.5. The molecule has 1 aliphatic rings. The number of nitrogens with zero attached hydrogens (tertiary/aromatic N) is 4. The molecule has 182 valence electrons. The van der Waals surface area contributed by atoms with Crippen LogP contribution in [0.25, 0.3) is 22.0 Å². The molecule has 0 amide bonds. The van der Waals surface area contributed by atoms with Gasteiger partial charge in [0.25, 0.3) is 0 Å². The molecule has 0 N–H and O–H groups in total. The predicted molar refractivity (Wildman–Crippen MR) is 133 cm³/mol. The van der Waals surface area contributed by atoms with Gasteiger partial charge in [-0.2, -0.15) is 24.5 Å². The van der Waals surface area contributed by atoms with Crippen molar-refractivity contribution < 1.29 is 17.9 Å². The van der Waals surface area contributed by atoms with Crippen LogP contribution in [0, 0.1) is 0 Å². The molecule has 0 radical (unpaired) electrons. The van der Waals surface area contributed by atoms with Gasteiger partial charge in [0.2, 0.25) is 0 Å². The molecule has 0 atom stereocenters. The van der Waals surface area contributed by atoms with Crippen LogP contribution in [-0.2, 0) is 12.7 Å². The van der Waals surface area contributed by atoms with Crippen molar-refractivity contribution in [1.82, 2.24) is 14.9 Å². The molecule has 1 saturated heterocycles. The molecule has 4 aromatic rings. The second-order valence-electron chi connectivity index (χ2n) is 8.57. The lowest BCUT2D eigenvalue weighted by atomic mass is 10.1. The summed E-state index contributed by atoms with van der Waals surface area (Å²) in [7, 11) is 1.66. The highest BCUT2D eigenvalue weighted by molar-refractivity contribution is 7.08. The number of halogens is 3. The second-order valence-corrected chi connectivity index (χ2v) is 9.35. The zero-order chi connectivity index (χ0) is 24.4. The van der Waals surface area contributed by atoms with Crippen LogP contribution in [0.15, 0.2) is 59.4 Å². The molecule has 3 aromatic heterocycles. The standard InChI is InChI=1S/C26H25F3N4OS/c1-34-20-5-2-4-18(14-20)16-32-9-3-10-33(12-11-32)25-21-6-7-23(26(27,28)29)31-24(21)22(15-30-25)19-8-13-35-17-19/h2,4-8,13-15,17H,3,9-12,16H2,1H3. The van der Waals surface area contributed by atoms with Gasteiger partial charge in [-0.15, -0.1) is 0 Å². The summed E-state index contributed by atoms with van der Waals surface area (Å²) >= 11 is 1.49. The van der Waals surface area contributed by atoms with E-state index in [1.54, 1.807) is 13.3 Å². The van der Waals surface area contributed by atoms with Crippen LogP contribution in [0.1, 0.15) is 17.7 Å². The molecule has 0 bridgehead atoms. The number of aromatic nitrogens is 2. The highest BCUT2D eigenvalue weighted by Gasteiger charge is 2.33. The van der Waals surface area contributed by atoms with E-state index in [1.165, 1.54) is 23.0 Å². The average Bonchev–Trinajstić information content (AvgIpc) is 3.29. The summed E-state index contributed by atoms with van der Waals surface area (Å²) in [5.41, 5.74) is 2.07. The van der Waals surface area contributed by atoms with Crippen molar-refractivity contribution in [2.75, 3.05) is 38.2 Å². The van der Waals surface area contributed by atoms with E-state index in [-0.39, 0.29) is 0 Å². The topological polar surface area (TPSA) is 41.5 Å². The summed E-state index contributed by atoms with van der Waals surface area (Å²) in [6.45, 7) is 4.06. The minimum Gasteiger partial charge on any atom is -0.497 e. The number of hydrogen-bond donors (Lipinski definition) is 0. The fourth-order valence-electron chi connectivity index (χ4n) is 4.51. The van der Waals surface area contributed by atoms with Gasteiger partial charge >= 0.3 is 6.18 Å². The van der Waals surface area contributed by atoms with Gasteiger partial charge in [0.15, 0.2) is 0 Å². The molecule has 1 aliphatic heterocycles. The maximum Gasteiger partial charge on any atom is 0.433 e. The number of pyridine rings is 2. The monoisotopic (exact) mass is 498 g/mol. The number of ether oxygens (including phenoxy) is 1. The fraction of sp³-hybridized carbons (Fsp3) is 0.308. The van der Waals surface area contributed by atoms with Crippen LogP contribution in [0.2, 0.25) is 0 Å². The number of alkyl halides is 3. The molecule has 5 nitrogen and oxygen atoms in total. The Balaban J connectivity index is 1.44. The van der Waals surface area contributed by atoms with Crippen molar-refractivity contribution in [3.05, 3.63) is 70.7 Å². The Bertz CT molecular complexity index is 1310. The van der Waals surface area contributed by atoms with E-state index in [0.29, 0.717) is 22.3 Å². The van der Waals surface area contributed by atoms with Crippen LogP contribution in [0.3, 0.4) is 0 Å². The average molecular weight is 499 g/mol. The number of thiophene rings is 1. The minimum absolute atomic E-state index is 0.334. The maximum absolute atomic E-state index is 13.5. The first-order valence-electron chi connectivity index (χ1n) is 11.4. The third kappa shape index (κ3) is 5.11. The van der Waals surface area contributed by atoms with E-state index in [2.05, 4.69) is 20.9 Å². The van der Waals surface area contributed by atoms with Crippen molar-refractivity contribution in [2.45, 2.75) is 19.1 Å². The normalized spacial score (nSPS) is 15.4. The fourth-order valence-corrected chi connectivity index (χ4v) is 5.17. The molecule has 0 saturated carbocycles. The van der Waals surface area contributed by atoms with Gasteiger partial charge < -0.3 is 9.64 Å². The Hall–Kier alpha value is -3.17. The van der Waals surface area contributed by atoms with Gasteiger partial charge in [0.1, 0.15) is 17.3 Å². The van der Waals surface area contributed by atoms with Gasteiger partial charge in [-0.25, -0.2) is 9.97 Å². The number of benzene rings is 1. The summed E-state index contributed by atoms with van der Waals surface area (Å²) in [6.07, 6.45) is -1.92. The number of hydrogen-bond acceptors (Lipinski definition) is 6. The van der Waals surface area contributed by atoms with Crippen molar-refractivity contribution in [3.63, 3.8) is 0 Å². The highest BCUT2D eigenvalue weighted by atomic mass is 32.1. The Morgan fingerprint density at radius 1 is 1.06 bits per heavy atom. The molecule has 9 heteroatoms. The van der Waals surface area contributed by atoms with Crippen LogP contribution in [-0.4, -0.2) is 48.2 Å². The van der Waals surface area contributed by atoms with E-state index < -0.39 is 11.9 Å². The van der Waals surface area contributed by atoms with Gasteiger partial charge in [-0.3, -0.25) is 4.90 Å².